The van der Waals surface area contributed by atoms with Crippen LogP contribution < -0.4 is 0 Å². The van der Waals surface area contributed by atoms with Crippen LogP contribution in [-0.2, 0) is 0 Å². The zero-order valence-electron chi connectivity index (χ0n) is 7.29. The second-order valence-electron chi connectivity index (χ2n) is 3.83. The van der Waals surface area contributed by atoms with E-state index in [1.807, 2.05) is 0 Å². The molecule has 0 amide bonds. The summed E-state index contributed by atoms with van der Waals surface area (Å²) in [6, 6.07) is 1.07. The fourth-order valence-corrected chi connectivity index (χ4v) is 4.56. The fourth-order valence-electron chi connectivity index (χ4n) is 2.43. The predicted octanol–water partition coefficient (Wildman–Crippen LogP) is 2.70. The second-order valence-corrected chi connectivity index (χ2v) is 7.03. The third-order valence-electron chi connectivity index (χ3n) is 3.14. The van der Waals surface area contributed by atoms with Crippen molar-refractivity contribution in [3.63, 3.8) is 0 Å². The molecule has 2 rings (SSSR count). The van der Waals surface area contributed by atoms with Crippen molar-refractivity contribution in [3.05, 3.63) is 0 Å². The van der Waals surface area contributed by atoms with Gasteiger partial charge in [-0.15, -0.1) is 0 Å². The number of rotatable bonds is 0. The van der Waals surface area contributed by atoms with Gasteiger partial charge in [-0.3, -0.25) is 0 Å². The van der Waals surface area contributed by atoms with Gasteiger partial charge in [0, 0.05) is 7.85 Å². The van der Waals surface area contributed by atoms with Crippen LogP contribution in [0, 0.1) is 11.5 Å². The van der Waals surface area contributed by atoms with Crippen molar-refractivity contribution in [1.82, 2.24) is 4.90 Å². The molecule has 0 aliphatic carbocycles. The van der Waals surface area contributed by atoms with Crippen LogP contribution in [0.25, 0.3) is 0 Å². The minimum atomic E-state index is 0.537. The normalized spacial score (nSPS) is 44.2. The highest BCUT2D eigenvalue weighted by Gasteiger charge is 2.42. The molecule has 0 saturated carbocycles. The summed E-state index contributed by atoms with van der Waals surface area (Å²) < 4.78 is 1.38. The summed E-state index contributed by atoms with van der Waals surface area (Å²) in [5, 5.41) is 9.10. The first-order valence-corrected chi connectivity index (χ1v) is 7.19. The molecule has 4 heteroatoms. The van der Waals surface area contributed by atoms with E-state index in [-0.39, 0.29) is 0 Å². The maximum Gasteiger partial charge on any atom is 0.179 e. The topological polar surface area (TPSA) is 27.0 Å². The second kappa shape index (κ2) is 4.09. The molecule has 4 atom stereocenters. The lowest BCUT2D eigenvalue weighted by Crippen LogP contribution is -2.55. The van der Waals surface area contributed by atoms with Gasteiger partial charge in [0.25, 0.3) is 0 Å². The van der Waals surface area contributed by atoms with E-state index in [4.69, 9.17) is 5.26 Å². The summed E-state index contributed by atoms with van der Waals surface area (Å²) in [7, 11) is 0. The predicted molar refractivity (Wildman–Crippen MR) is 69.1 cm³/mol. The molecular formula is C9H12I2N2. The fraction of sp³-hybridized carbons (Fsp3) is 0.889. The molecule has 0 spiro atoms. The van der Waals surface area contributed by atoms with Crippen LogP contribution in [0.3, 0.4) is 0 Å². The van der Waals surface area contributed by atoms with Gasteiger partial charge in [-0.2, -0.15) is 5.26 Å². The van der Waals surface area contributed by atoms with Crippen LogP contribution in [0.2, 0.25) is 0 Å². The summed E-state index contributed by atoms with van der Waals surface area (Å²) in [6.45, 7) is 0. The molecule has 0 radical (unpaired) electrons. The van der Waals surface area contributed by atoms with Crippen LogP contribution >= 0.6 is 45.2 Å². The summed E-state index contributed by atoms with van der Waals surface area (Å²) in [5.41, 5.74) is 0. The van der Waals surface area contributed by atoms with Crippen LogP contribution in [0.5, 0.6) is 0 Å². The molecule has 72 valence electrons. The Labute approximate surface area is 106 Å². The molecular weight excluding hydrogens is 390 g/mol. The number of hydrogen-bond donors (Lipinski definition) is 0. The quantitative estimate of drug-likeness (QED) is 0.354. The molecule has 0 unspecified atom stereocenters. The SMILES string of the molecule is N#CN1[C@@H]2CC[C@@H](I)[C@H]1CC[C@H]2I. The molecule has 0 aromatic carbocycles. The highest BCUT2D eigenvalue weighted by Crippen LogP contribution is 2.39. The molecule has 2 aliphatic heterocycles. The van der Waals surface area contributed by atoms with E-state index in [0.717, 1.165) is 0 Å². The van der Waals surface area contributed by atoms with Gasteiger partial charge in [-0.25, -0.2) is 0 Å². The molecule has 2 nitrogen and oxygen atoms in total. The summed E-state index contributed by atoms with van der Waals surface area (Å²) >= 11 is 5.03. The lowest BCUT2D eigenvalue weighted by Gasteiger charge is -2.47. The van der Waals surface area contributed by atoms with Gasteiger partial charge in [0.2, 0.25) is 0 Å². The smallest absolute Gasteiger partial charge is 0.179 e. The average molecular weight is 402 g/mol. The number of piperidine rings is 2. The van der Waals surface area contributed by atoms with Gasteiger partial charge in [0.05, 0.1) is 12.1 Å². The Balaban J connectivity index is 2.20. The van der Waals surface area contributed by atoms with Crippen molar-refractivity contribution in [2.24, 2.45) is 0 Å². The van der Waals surface area contributed by atoms with Crippen molar-refractivity contribution < 1.29 is 0 Å². The third-order valence-corrected chi connectivity index (χ3v) is 6.05. The monoisotopic (exact) mass is 402 g/mol. The van der Waals surface area contributed by atoms with Crippen molar-refractivity contribution >= 4 is 45.2 Å². The van der Waals surface area contributed by atoms with E-state index >= 15 is 0 Å². The molecule has 2 heterocycles. The van der Waals surface area contributed by atoms with E-state index in [0.29, 0.717) is 19.9 Å². The molecule has 0 aromatic rings. The highest BCUT2D eigenvalue weighted by molar-refractivity contribution is 14.1. The molecule has 0 N–H and O–H groups in total. The van der Waals surface area contributed by atoms with Gasteiger partial charge in [-0.1, -0.05) is 45.2 Å². The Morgan fingerprint density at radius 3 is 1.85 bits per heavy atom. The largest absolute Gasteiger partial charge is 0.302 e. The minimum Gasteiger partial charge on any atom is -0.302 e. The molecule has 2 fully saturated rings. The molecule has 0 aromatic heterocycles. The Morgan fingerprint density at radius 2 is 1.46 bits per heavy atom. The average Bonchev–Trinajstić information content (AvgIpc) is 2.14. The van der Waals surface area contributed by atoms with E-state index in [1.54, 1.807) is 0 Å². The number of nitrogens with zero attached hydrogens (tertiary/aromatic N) is 2. The summed E-state index contributed by atoms with van der Waals surface area (Å²) in [6.07, 6.45) is 7.42. The molecule has 13 heavy (non-hydrogen) atoms. The Kier molecular flexibility index (Phi) is 3.23. The zero-order valence-corrected chi connectivity index (χ0v) is 11.6. The van der Waals surface area contributed by atoms with Crippen LogP contribution in [0.1, 0.15) is 25.7 Å². The Hall–Kier alpha value is 0.750. The van der Waals surface area contributed by atoms with Gasteiger partial charge in [-0.05, 0) is 25.7 Å². The standard InChI is InChI=1S/C9H12I2N2/c10-6-1-3-8-7(11)2-4-9(6)13(8)5-12/h6-9H,1-4H2/t6-,7-,8-,9-/m1/s1. The molecule has 2 bridgehead atoms. The van der Waals surface area contributed by atoms with Crippen LogP contribution in [0.15, 0.2) is 0 Å². The number of nitriles is 1. The van der Waals surface area contributed by atoms with E-state index in [1.165, 1.54) is 25.7 Å². The number of hydrogen-bond acceptors (Lipinski definition) is 2. The third kappa shape index (κ3) is 1.78. The van der Waals surface area contributed by atoms with Crippen LogP contribution in [-0.4, -0.2) is 24.8 Å². The number of halogens is 2. The summed E-state index contributed by atoms with van der Waals surface area (Å²) in [4.78, 5) is 2.07. The zero-order chi connectivity index (χ0) is 9.42. The van der Waals surface area contributed by atoms with E-state index in [2.05, 4.69) is 56.3 Å². The maximum absolute atomic E-state index is 9.10. The highest BCUT2D eigenvalue weighted by atomic mass is 127. The van der Waals surface area contributed by atoms with Crippen molar-refractivity contribution in [1.29, 1.82) is 5.26 Å². The van der Waals surface area contributed by atoms with E-state index in [9.17, 15) is 0 Å². The van der Waals surface area contributed by atoms with E-state index < -0.39 is 0 Å². The first kappa shape index (κ1) is 10.3. The minimum absolute atomic E-state index is 0.537. The first-order chi connectivity index (χ1) is 6.24. The lowest BCUT2D eigenvalue weighted by atomic mass is 9.85. The van der Waals surface area contributed by atoms with Crippen molar-refractivity contribution in [2.75, 3.05) is 0 Å². The summed E-state index contributed by atoms with van der Waals surface area (Å²) in [5.74, 6) is 0. The van der Waals surface area contributed by atoms with Gasteiger partial charge < -0.3 is 4.90 Å². The van der Waals surface area contributed by atoms with Crippen molar-refractivity contribution in [2.45, 2.75) is 45.6 Å². The van der Waals surface area contributed by atoms with Gasteiger partial charge >= 0.3 is 0 Å². The molecule has 2 aliphatic rings. The first-order valence-electron chi connectivity index (χ1n) is 4.70. The van der Waals surface area contributed by atoms with Gasteiger partial charge in [0.1, 0.15) is 0 Å². The Bertz CT molecular complexity index is 220. The molecule has 2 saturated heterocycles. The van der Waals surface area contributed by atoms with Crippen molar-refractivity contribution in [3.8, 4) is 6.19 Å². The number of fused-ring (bicyclic) bond motifs is 2. The van der Waals surface area contributed by atoms with Gasteiger partial charge in [0.15, 0.2) is 6.19 Å². The number of alkyl halides is 2. The lowest BCUT2D eigenvalue weighted by molar-refractivity contribution is 0.117. The van der Waals surface area contributed by atoms with Crippen LogP contribution in [0.4, 0.5) is 0 Å². The maximum atomic E-state index is 9.10. The Morgan fingerprint density at radius 1 is 1.00 bits per heavy atom.